The zero-order chi connectivity index (χ0) is 17.6. The predicted molar refractivity (Wildman–Crippen MR) is 100 cm³/mol. The summed E-state index contributed by atoms with van der Waals surface area (Å²) in [6, 6.07) is 16.4. The molecule has 1 aromatic heterocycles. The van der Waals surface area contributed by atoms with Crippen LogP contribution in [0.1, 0.15) is 5.56 Å². The highest BCUT2D eigenvalue weighted by Gasteiger charge is 2.09. The number of amides is 1. The molecule has 0 fully saturated rings. The molecule has 1 heterocycles. The molecule has 0 saturated heterocycles. The van der Waals surface area contributed by atoms with E-state index >= 15 is 0 Å². The molecule has 1 amide bonds. The Kier molecular flexibility index (Phi) is 5.48. The molecule has 0 saturated carbocycles. The average Bonchev–Trinajstić information content (AvgIpc) is 3.10. The molecule has 0 spiro atoms. The molecule has 0 bridgehead atoms. The minimum Gasteiger partial charge on any atom is -0.325 e. The van der Waals surface area contributed by atoms with Gasteiger partial charge in [0.05, 0.1) is 17.4 Å². The second-order valence-corrected chi connectivity index (χ2v) is 6.86. The van der Waals surface area contributed by atoms with Gasteiger partial charge in [0.1, 0.15) is 0 Å². The summed E-state index contributed by atoms with van der Waals surface area (Å²) in [5.41, 5.74) is 2.12. The Hall–Kier alpha value is -2.63. The number of benzene rings is 2. The normalized spacial score (nSPS) is 10.2. The van der Waals surface area contributed by atoms with E-state index in [-0.39, 0.29) is 11.7 Å². The first-order valence-electron chi connectivity index (χ1n) is 7.25. The molecule has 124 valence electrons. The summed E-state index contributed by atoms with van der Waals surface area (Å²) in [4.78, 5) is 16.4. The minimum atomic E-state index is -0.162. The van der Waals surface area contributed by atoms with Crippen LogP contribution in [0, 0.1) is 11.3 Å². The smallest absolute Gasteiger partial charge is 0.234 e. The third kappa shape index (κ3) is 4.68. The Balaban J connectivity index is 1.55. The number of nitrogens with zero attached hydrogens (tertiary/aromatic N) is 3. The molecule has 0 unspecified atom stereocenters. The van der Waals surface area contributed by atoms with Gasteiger partial charge in [-0.2, -0.15) is 5.26 Å². The Morgan fingerprint density at radius 1 is 1.20 bits per heavy atom. The summed E-state index contributed by atoms with van der Waals surface area (Å²) >= 11 is 4.64. The first kappa shape index (κ1) is 17.2. The number of nitrogens with one attached hydrogen (secondary N) is 2. The van der Waals surface area contributed by atoms with Crippen molar-refractivity contribution in [3.05, 3.63) is 58.6 Å². The number of carbonyl (C=O) groups is 1. The second kappa shape index (κ2) is 7.96. The maximum atomic E-state index is 12.0. The highest BCUT2D eigenvalue weighted by atomic mass is 79.9. The van der Waals surface area contributed by atoms with Crippen molar-refractivity contribution in [2.45, 2.75) is 5.16 Å². The summed E-state index contributed by atoms with van der Waals surface area (Å²) in [5, 5.41) is 19.0. The number of aromatic amines is 1. The Labute approximate surface area is 156 Å². The van der Waals surface area contributed by atoms with Gasteiger partial charge in [-0.1, -0.05) is 39.8 Å². The van der Waals surface area contributed by atoms with Crippen LogP contribution in [0.4, 0.5) is 5.69 Å². The van der Waals surface area contributed by atoms with Gasteiger partial charge >= 0.3 is 0 Å². The summed E-state index contributed by atoms with van der Waals surface area (Å²) in [5.74, 6) is 0.685. The number of thioether (sulfide) groups is 1. The van der Waals surface area contributed by atoms with Crippen molar-refractivity contribution in [2.75, 3.05) is 11.1 Å². The topological polar surface area (TPSA) is 94.5 Å². The van der Waals surface area contributed by atoms with Crippen LogP contribution in [-0.4, -0.2) is 26.8 Å². The number of rotatable bonds is 5. The third-order valence-corrected chi connectivity index (χ3v) is 4.59. The molecule has 8 heteroatoms. The van der Waals surface area contributed by atoms with E-state index in [0.29, 0.717) is 22.2 Å². The van der Waals surface area contributed by atoms with Crippen LogP contribution < -0.4 is 5.32 Å². The van der Waals surface area contributed by atoms with Crippen LogP contribution in [0.5, 0.6) is 0 Å². The molecule has 6 nitrogen and oxygen atoms in total. The number of halogens is 1. The van der Waals surface area contributed by atoms with Crippen LogP contribution >= 0.6 is 27.7 Å². The van der Waals surface area contributed by atoms with Crippen LogP contribution in [0.3, 0.4) is 0 Å². The van der Waals surface area contributed by atoms with Crippen molar-refractivity contribution < 1.29 is 4.79 Å². The zero-order valence-electron chi connectivity index (χ0n) is 12.9. The number of H-pyrrole nitrogens is 1. The molecule has 2 aromatic carbocycles. The molecule has 0 radical (unpaired) electrons. The fourth-order valence-corrected chi connectivity index (χ4v) is 2.87. The Morgan fingerprint density at radius 2 is 1.92 bits per heavy atom. The number of carbonyl (C=O) groups excluding carboxylic acids is 1. The number of anilines is 1. The van der Waals surface area contributed by atoms with Gasteiger partial charge in [-0.3, -0.25) is 9.89 Å². The molecule has 25 heavy (non-hydrogen) atoms. The molecule has 0 aliphatic carbocycles. The minimum absolute atomic E-state index is 0.162. The fourth-order valence-electron chi connectivity index (χ4n) is 2.00. The van der Waals surface area contributed by atoms with Crippen molar-refractivity contribution >= 4 is 39.3 Å². The van der Waals surface area contributed by atoms with Crippen LogP contribution in [-0.2, 0) is 4.79 Å². The second-order valence-electron chi connectivity index (χ2n) is 5.00. The van der Waals surface area contributed by atoms with E-state index in [1.807, 2.05) is 30.3 Å². The van der Waals surface area contributed by atoms with Crippen LogP contribution in [0.2, 0.25) is 0 Å². The lowest BCUT2D eigenvalue weighted by Crippen LogP contribution is -2.14. The number of nitriles is 1. The quantitative estimate of drug-likeness (QED) is 0.619. The lowest BCUT2D eigenvalue weighted by Gasteiger charge is -2.03. The number of hydrogen-bond acceptors (Lipinski definition) is 5. The molecule has 0 atom stereocenters. The first-order chi connectivity index (χ1) is 12.1. The maximum absolute atomic E-state index is 12.0. The van der Waals surface area contributed by atoms with E-state index in [4.69, 9.17) is 5.26 Å². The molecule has 3 aromatic rings. The van der Waals surface area contributed by atoms with Gasteiger partial charge in [-0.15, -0.1) is 5.10 Å². The summed E-state index contributed by atoms with van der Waals surface area (Å²) in [7, 11) is 0. The molecule has 0 aliphatic heterocycles. The first-order valence-corrected chi connectivity index (χ1v) is 9.03. The van der Waals surface area contributed by atoms with E-state index in [9.17, 15) is 4.79 Å². The van der Waals surface area contributed by atoms with Gasteiger partial charge in [-0.25, -0.2) is 4.98 Å². The number of hydrogen-bond donors (Lipinski definition) is 2. The van der Waals surface area contributed by atoms with Crippen molar-refractivity contribution in [3.8, 4) is 17.5 Å². The molecule has 3 rings (SSSR count). The lowest BCUT2D eigenvalue weighted by atomic mass is 10.2. The van der Waals surface area contributed by atoms with Crippen LogP contribution in [0.25, 0.3) is 11.4 Å². The summed E-state index contributed by atoms with van der Waals surface area (Å²) < 4.78 is 0.991. The Bertz CT molecular complexity index is 915. The molecular formula is C17H12BrN5OS. The maximum Gasteiger partial charge on any atom is 0.234 e. The van der Waals surface area contributed by atoms with Crippen molar-refractivity contribution in [1.82, 2.24) is 15.2 Å². The van der Waals surface area contributed by atoms with Gasteiger partial charge < -0.3 is 5.32 Å². The van der Waals surface area contributed by atoms with Crippen molar-refractivity contribution in [2.24, 2.45) is 0 Å². The monoisotopic (exact) mass is 413 g/mol. The highest BCUT2D eigenvalue weighted by molar-refractivity contribution is 9.10. The fraction of sp³-hybridized carbons (Fsp3) is 0.0588. The zero-order valence-corrected chi connectivity index (χ0v) is 15.3. The van der Waals surface area contributed by atoms with Gasteiger partial charge in [0, 0.05) is 15.7 Å². The van der Waals surface area contributed by atoms with E-state index in [1.165, 1.54) is 11.8 Å². The van der Waals surface area contributed by atoms with Gasteiger partial charge in [0.2, 0.25) is 11.1 Å². The lowest BCUT2D eigenvalue weighted by molar-refractivity contribution is -0.113. The Morgan fingerprint density at radius 3 is 2.60 bits per heavy atom. The summed E-state index contributed by atoms with van der Waals surface area (Å²) in [6.45, 7) is 0. The van der Waals surface area contributed by atoms with Gasteiger partial charge in [-0.05, 0) is 36.4 Å². The largest absolute Gasteiger partial charge is 0.325 e. The predicted octanol–water partition coefficient (Wildman–Crippen LogP) is 3.84. The summed E-state index contributed by atoms with van der Waals surface area (Å²) in [6.07, 6.45) is 0. The van der Waals surface area contributed by atoms with E-state index in [0.717, 1.165) is 10.0 Å². The van der Waals surface area contributed by atoms with Gasteiger partial charge in [0.15, 0.2) is 5.82 Å². The van der Waals surface area contributed by atoms with Gasteiger partial charge in [0.25, 0.3) is 0 Å². The highest BCUT2D eigenvalue weighted by Crippen LogP contribution is 2.21. The standard InChI is InChI=1S/C17H12BrN5OS/c18-13-5-3-12(4-6-13)16-21-17(23-22-16)25-10-15(24)20-14-7-1-11(9-19)2-8-14/h1-8H,10H2,(H,20,24)(H,21,22,23). The molecular weight excluding hydrogens is 402 g/mol. The SMILES string of the molecule is N#Cc1ccc(NC(=O)CSc2n[nH]c(-c3ccc(Br)cc3)n2)cc1. The third-order valence-electron chi connectivity index (χ3n) is 3.21. The molecule has 2 N–H and O–H groups in total. The number of aromatic nitrogens is 3. The van der Waals surface area contributed by atoms with E-state index in [2.05, 4.69) is 36.4 Å². The van der Waals surface area contributed by atoms with Crippen molar-refractivity contribution in [3.63, 3.8) is 0 Å². The van der Waals surface area contributed by atoms with Crippen LogP contribution in [0.15, 0.2) is 58.2 Å². The van der Waals surface area contributed by atoms with E-state index < -0.39 is 0 Å². The average molecular weight is 414 g/mol. The molecule has 0 aliphatic rings. The van der Waals surface area contributed by atoms with E-state index in [1.54, 1.807) is 24.3 Å². The van der Waals surface area contributed by atoms with Crippen molar-refractivity contribution in [1.29, 1.82) is 5.26 Å².